The number of carbonyl (C=O) groups is 5. The van der Waals surface area contributed by atoms with Crippen LogP contribution >= 0.6 is 11.8 Å². The molecule has 10 heteroatoms. The molecule has 5 amide bonds. The fourth-order valence-electron chi connectivity index (χ4n) is 3.88. The summed E-state index contributed by atoms with van der Waals surface area (Å²) < 4.78 is 5.12. The third kappa shape index (κ3) is 5.03. The maximum atomic E-state index is 12.7. The normalized spacial score (nSPS) is 16.2. The predicted octanol–water partition coefficient (Wildman–Crippen LogP) is 3.56. The monoisotopic (exact) mass is 507 g/mol. The third-order valence-electron chi connectivity index (χ3n) is 5.88. The number of benzene rings is 2. The lowest BCUT2D eigenvalue weighted by Crippen LogP contribution is -2.37. The number of hydrogen-bond donors (Lipinski definition) is 1. The topological polar surface area (TPSA) is 113 Å². The lowest BCUT2D eigenvalue weighted by molar-refractivity contribution is -0.122. The molecule has 0 radical (unpaired) electrons. The Hall–Kier alpha value is -3.92. The van der Waals surface area contributed by atoms with Crippen molar-refractivity contribution in [2.45, 2.75) is 19.8 Å². The van der Waals surface area contributed by atoms with Gasteiger partial charge in [0.25, 0.3) is 28.9 Å². The number of nitrogens with zero attached hydrogens (tertiary/aromatic N) is 2. The highest BCUT2D eigenvalue weighted by molar-refractivity contribution is 8.18. The summed E-state index contributed by atoms with van der Waals surface area (Å²) in [5.41, 5.74) is 1.47. The van der Waals surface area contributed by atoms with Crippen LogP contribution in [-0.2, 0) is 4.79 Å². The molecule has 0 unspecified atom stereocenters. The van der Waals surface area contributed by atoms with E-state index in [4.69, 9.17) is 4.74 Å². The van der Waals surface area contributed by atoms with Gasteiger partial charge in [-0.3, -0.25) is 33.8 Å². The molecule has 2 aromatic carbocycles. The highest BCUT2D eigenvalue weighted by Gasteiger charge is 2.36. The fraction of sp³-hybridized carbons (Fsp3) is 0.269. The SMILES string of the molecule is CCCCN1C(=O)c2ccc(C(=O)NCCN3C(=O)SC(=Cc4ccc(OC)cc4)C3=O)cc2C1=O. The van der Waals surface area contributed by atoms with Gasteiger partial charge in [-0.1, -0.05) is 25.5 Å². The Bertz CT molecular complexity index is 1270. The van der Waals surface area contributed by atoms with Gasteiger partial charge < -0.3 is 10.1 Å². The number of ether oxygens (including phenoxy) is 1. The minimum atomic E-state index is -0.467. The minimum Gasteiger partial charge on any atom is -0.497 e. The Balaban J connectivity index is 1.35. The van der Waals surface area contributed by atoms with Gasteiger partial charge in [-0.2, -0.15) is 0 Å². The Labute approximate surface area is 212 Å². The molecule has 4 rings (SSSR count). The summed E-state index contributed by atoms with van der Waals surface area (Å²) in [6.07, 6.45) is 3.19. The summed E-state index contributed by atoms with van der Waals surface area (Å²) >= 11 is 0.842. The van der Waals surface area contributed by atoms with Gasteiger partial charge in [0.15, 0.2) is 0 Å². The summed E-state index contributed by atoms with van der Waals surface area (Å²) in [6.45, 7) is 2.36. The van der Waals surface area contributed by atoms with E-state index in [2.05, 4.69) is 5.32 Å². The van der Waals surface area contributed by atoms with E-state index < -0.39 is 23.0 Å². The minimum absolute atomic E-state index is 0.00348. The van der Waals surface area contributed by atoms with Crippen LogP contribution in [0.5, 0.6) is 5.75 Å². The second-order valence-electron chi connectivity index (χ2n) is 8.24. The van der Waals surface area contributed by atoms with Crippen molar-refractivity contribution in [2.24, 2.45) is 0 Å². The zero-order chi connectivity index (χ0) is 25.8. The molecular weight excluding hydrogens is 482 g/mol. The van der Waals surface area contributed by atoms with Crippen LogP contribution in [0.3, 0.4) is 0 Å². The van der Waals surface area contributed by atoms with Crippen LogP contribution in [0.1, 0.15) is 56.4 Å². The molecule has 0 atom stereocenters. The molecular formula is C26H25N3O6S. The van der Waals surface area contributed by atoms with Crippen molar-refractivity contribution in [3.63, 3.8) is 0 Å². The average Bonchev–Trinajstić information content (AvgIpc) is 3.29. The van der Waals surface area contributed by atoms with E-state index in [9.17, 15) is 24.0 Å². The van der Waals surface area contributed by atoms with Gasteiger partial charge >= 0.3 is 0 Å². The van der Waals surface area contributed by atoms with Crippen molar-refractivity contribution >= 4 is 46.7 Å². The Kier molecular flexibility index (Phi) is 7.54. The van der Waals surface area contributed by atoms with E-state index in [1.165, 1.54) is 23.1 Å². The van der Waals surface area contributed by atoms with Gasteiger partial charge in [-0.05, 0) is 60.2 Å². The van der Waals surface area contributed by atoms with E-state index in [1.54, 1.807) is 37.5 Å². The number of unbranched alkanes of at least 4 members (excludes halogenated alkanes) is 1. The van der Waals surface area contributed by atoms with Gasteiger partial charge in [0.05, 0.1) is 23.1 Å². The van der Waals surface area contributed by atoms with Gasteiger partial charge in [0, 0.05) is 25.2 Å². The van der Waals surface area contributed by atoms with E-state index in [1.807, 2.05) is 6.92 Å². The summed E-state index contributed by atoms with van der Waals surface area (Å²) in [5, 5.41) is 2.26. The molecule has 0 bridgehead atoms. The molecule has 0 aliphatic carbocycles. The first-order valence-corrected chi connectivity index (χ1v) is 12.3. The van der Waals surface area contributed by atoms with Crippen LogP contribution in [0.4, 0.5) is 4.79 Å². The molecule has 36 heavy (non-hydrogen) atoms. The summed E-state index contributed by atoms with van der Waals surface area (Å²) in [4.78, 5) is 65.4. The van der Waals surface area contributed by atoms with Crippen LogP contribution in [0.25, 0.3) is 6.08 Å². The molecule has 0 saturated carbocycles. The standard InChI is InChI=1S/C26H25N3O6S/c1-3-4-12-28-23(31)19-10-7-17(15-20(19)24(28)32)22(30)27-11-13-29-25(33)21(36-26(29)34)14-16-5-8-18(35-2)9-6-16/h5-10,14-15H,3-4,11-13H2,1-2H3,(H,27,30). The first kappa shape index (κ1) is 25.2. The van der Waals surface area contributed by atoms with Crippen LogP contribution in [-0.4, -0.2) is 65.4 Å². The molecule has 9 nitrogen and oxygen atoms in total. The fourth-order valence-corrected chi connectivity index (χ4v) is 4.74. The lowest BCUT2D eigenvalue weighted by atomic mass is 10.1. The Morgan fingerprint density at radius 2 is 1.67 bits per heavy atom. The first-order chi connectivity index (χ1) is 17.3. The van der Waals surface area contributed by atoms with Crippen molar-refractivity contribution in [1.29, 1.82) is 0 Å². The number of nitrogens with one attached hydrogen (secondary N) is 1. The first-order valence-electron chi connectivity index (χ1n) is 11.5. The van der Waals surface area contributed by atoms with E-state index in [-0.39, 0.29) is 35.7 Å². The molecule has 2 heterocycles. The number of amides is 5. The predicted molar refractivity (Wildman–Crippen MR) is 135 cm³/mol. The van der Waals surface area contributed by atoms with Crippen LogP contribution < -0.4 is 10.1 Å². The van der Waals surface area contributed by atoms with Gasteiger partial charge in [-0.25, -0.2) is 0 Å². The van der Waals surface area contributed by atoms with Crippen molar-refractivity contribution in [3.8, 4) is 5.75 Å². The van der Waals surface area contributed by atoms with Crippen molar-refractivity contribution in [1.82, 2.24) is 15.1 Å². The van der Waals surface area contributed by atoms with Crippen LogP contribution in [0, 0.1) is 0 Å². The summed E-state index contributed by atoms with van der Waals surface area (Å²) in [6, 6.07) is 11.5. The smallest absolute Gasteiger partial charge is 0.293 e. The highest BCUT2D eigenvalue weighted by Crippen LogP contribution is 2.32. The summed E-state index contributed by atoms with van der Waals surface area (Å²) in [5.74, 6) is -0.962. The van der Waals surface area contributed by atoms with Crippen molar-refractivity contribution < 1.29 is 28.7 Å². The number of hydrogen-bond acceptors (Lipinski definition) is 7. The molecule has 1 fully saturated rings. The van der Waals surface area contributed by atoms with Crippen LogP contribution in [0.15, 0.2) is 47.4 Å². The number of thioether (sulfide) groups is 1. The van der Waals surface area contributed by atoms with Gasteiger partial charge in [-0.15, -0.1) is 0 Å². The Morgan fingerprint density at radius 3 is 2.36 bits per heavy atom. The zero-order valence-corrected chi connectivity index (χ0v) is 20.7. The van der Waals surface area contributed by atoms with Crippen molar-refractivity contribution in [3.05, 3.63) is 69.6 Å². The molecule has 0 aromatic heterocycles. The highest BCUT2D eigenvalue weighted by atomic mass is 32.2. The maximum Gasteiger partial charge on any atom is 0.293 e. The molecule has 2 aliphatic heterocycles. The van der Waals surface area contributed by atoms with Gasteiger partial charge in [0.2, 0.25) is 0 Å². The zero-order valence-electron chi connectivity index (χ0n) is 19.9. The molecule has 2 aliphatic rings. The largest absolute Gasteiger partial charge is 0.497 e. The second kappa shape index (κ2) is 10.8. The van der Waals surface area contributed by atoms with E-state index in [0.29, 0.717) is 23.6 Å². The molecule has 2 aromatic rings. The molecule has 1 saturated heterocycles. The second-order valence-corrected chi connectivity index (χ2v) is 9.23. The van der Waals surface area contributed by atoms with E-state index >= 15 is 0 Å². The number of imide groups is 2. The Morgan fingerprint density at radius 1 is 0.944 bits per heavy atom. The molecule has 0 spiro atoms. The lowest BCUT2D eigenvalue weighted by Gasteiger charge is -2.13. The average molecular weight is 508 g/mol. The molecule has 186 valence electrons. The summed E-state index contributed by atoms with van der Waals surface area (Å²) in [7, 11) is 1.56. The van der Waals surface area contributed by atoms with Gasteiger partial charge in [0.1, 0.15) is 5.75 Å². The van der Waals surface area contributed by atoms with Crippen LogP contribution in [0.2, 0.25) is 0 Å². The van der Waals surface area contributed by atoms with E-state index in [0.717, 1.165) is 28.6 Å². The third-order valence-corrected chi connectivity index (χ3v) is 6.78. The molecule has 1 N–H and O–H groups in total. The maximum absolute atomic E-state index is 12.7. The van der Waals surface area contributed by atoms with Crippen molar-refractivity contribution in [2.75, 3.05) is 26.7 Å². The number of carbonyl (C=O) groups excluding carboxylic acids is 5. The quantitative estimate of drug-likeness (QED) is 0.408. The number of rotatable bonds is 9. The number of fused-ring (bicyclic) bond motifs is 1. The number of methoxy groups -OCH3 is 1.